The smallest absolute Gasteiger partial charge is 0.311 e. The highest BCUT2D eigenvalue weighted by molar-refractivity contribution is 5.76. The highest BCUT2D eigenvalue weighted by Crippen LogP contribution is 2.26. The maximum atomic E-state index is 11.8. The molecule has 1 unspecified atom stereocenters. The minimum Gasteiger partial charge on any atom is -0.497 e. The lowest BCUT2D eigenvalue weighted by atomic mass is 9.92. The minimum atomic E-state index is -0.812. The third-order valence-corrected chi connectivity index (χ3v) is 4.89. The summed E-state index contributed by atoms with van der Waals surface area (Å²) >= 11 is 0. The normalized spacial score (nSPS) is 15.6. The zero-order valence-electron chi connectivity index (χ0n) is 14.6. The van der Waals surface area contributed by atoms with E-state index in [1.807, 2.05) is 18.2 Å². The molecule has 1 aliphatic heterocycles. The first-order valence-electron chi connectivity index (χ1n) is 8.88. The number of carboxylic acids is 1. The average molecular weight is 339 g/mol. The summed E-state index contributed by atoms with van der Waals surface area (Å²) in [7, 11) is 1.59. The summed E-state index contributed by atoms with van der Waals surface area (Å²) in [5.41, 5.74) is 3.04. The highest BCUT2D eigenvalue weighted by atomic mass is 16.5. The zero-order valence-corrected chi connectivity index (χ0v) is 14.6. The van der Waals surface area contributed by atoms with Crippen LogP contribution >= 0.6 is 0 Å². The molecule has 0 aromatic heterocycles. The van der Waals surface area contributed by atoms with Crippen LogP contribution in [0.2, 0.25) is 0 Å². The number of benzene rings is 2. The summed E-state index contributed by atoms with van der Waals surface area (Å²) in [5.74, 6) is -0.700. The Morgan fingerprint density at radius 1 is 1.12 bits per heavy atom. The fourth-order valence-corrected chi connectivity index (χ4v) is 3.44. The van der Waals surface area contributed by atoms with Gasteiger partial charge in [-0.05, 0) is 61.1 Å². The van der Waals surface area contributed by atoms with Crippen molar-refractivity contribution < 1.29 is 14.6 Å². The lowest BCUT2D eigenvalue weighted by Crippen LogP contribution is -2.29. The molecule has 0 bridgehead atoms. The molecule has 1 aliphatic rings. The third kappa shape index (κ3) is 4.32. The Kier molecular flexibility index (Phi) is 5.59. The Bertz CT molecular complexity index is 705. The van der Waals surface area contributed by atoms with Crippen molar-refractivity contribution in [3.8, 4) is 5.75 Å². The Morgan fingerprint density at radius 3 is 2.48 bits per heavy atom. The SMILES string of the molecule is COc1cccc(C(Cc2ccc(N3CCCCC3)cc2)C(=O)O)c1. The van der Waals surface area contributed by atoms with Crippen molar-refractivity contribution in [3.05, 3.63) is 59.7 Å². The minimum absolute atomic E-state index is 0.475. The van der Waals surface area contributed by atoms with E-state index in [0.717, 1.165) is 24.2 Å². The molecular weight excluding hydrogens is 314 g/mol. The second-order valence-corrected chi connectivity index (χ2v) is 6.59. The van der Waals surface area contributed by atoms with Crippen LogP contribution in [0.5, 0.6) is 5.75 Å². The number of hydrogen-bond acceptors (Lipinski definition) is 3. The summed E-state index contributed by atoms with van der Waals surface area (Å²) in [5, 5.41) is 9.66. The Morgan fingerprint density at radius 2 is 1.84 bits per heavy atom. The molecule has 0 spiro atoms. The van der Waals surface area contributed by atoms with Gasteiger partial charge in [-0.3, -0.25) is 4.79 Å². The number of hydrogen-bond donors (Lipinski definition) is 1. The van der Waals surface area contributed by atoms with Crippen molar-refractivity contribution in [3.63, 3.8) is 0 Å². The molecule has 0 saturated carbocycles. The second kappa shape index (κ2) is 8.06. The number of rotatable bonds is 6. The summed E-state index contributed by atoms with van der Waals surface area (Å²) in [4.78, 5) is 14.2. The van der Waals surface area contributed by atoms with Crippen LogP contribution < -0.4 is 9.64 Å². The maximum Gasteiger partial charge on any atom is 0.311 e. The van der Waals surface area contributed by atoms with Crippen LogP contribution in [0.3, 0.4) is 0 Å². The Labute approximate surface area is 149 Å². The van der Waals surface area contributed by atoms with Crippen molar-refractivity contribution >= 4 is 11.7 Å². The third-order valence-electron chi connectivity index (χ3n) is 4.89. The van der Waals surface area contributed by atoms with Crippen molar-refractivity contribution in [2.75, 3.05) is 25.1 Å². The standard InChI is InChI=1S/C21H25NO3/c1-25-19-7-5-6-17(15-19)20(21(23)24)14-16-8-10-18(11-9-16)22-12-3-2-4-13-22/h5-11,15,20H,2-4,12-14H2,1H3,(H,23,24). The fraction of sp³-hybridized carbons (Fsp3) is 0.381. The predicted molar refractivity (Wildman–Crippen MR) is 99.6 cm³/mol. The molecule has 1 heterocycles. The van der Waals surface area contributed by atoms with E-state index < -0.39 is 11.9 Å². The molecule has 1 saturated heterocycles. The molecule has 3 rings (SSSR count). The summed E-state index contributed by atoms with van der Waals surface area (Å²) in [6.07, 6.45) is 4.29. The number of nitrogens with zero attached hydrogens (tertiary/aromatic N) is 1. The highest BCUT2D eigenvalue weighted by Gasteiger charge is 2.21. The van der Waals surface area contributed by atoms with Gasteiger partial charge in [0, 0.05) is 18.8 Å². The lowest BCUT2D eigenvalue weighted by molar-refractivity contribution is -0.138. The van der Waals surface area contributed by atoms with Crippen molar-refractivity contribution in [2.24, 2.45) is 0 Å². The molecule has 2 aromatic carbocycles. The average Bonchev–Trinajstić information content (AvgIpc) is 2.67. The van der Waals surface area contributed by atoms with Gasteiger partial charge >= 0.3 is 5.97 Å². The molecule has 1 fully saturated rings. The lowest BCUT2D eigenvalue weighted by Gasteiger charge is -2.29. The molecule has 0 radical (unpaired) electrons. The van der Waals surface area contributed by atoms with E-state index in [4.69, 9.17) is 4.74 Å². The van der Waals surface area contributed by atoms with Crippen LogP contribution in [0, 0.1) is 0 Å². The molecule has 1 atom stereocenters. The first kappa shape index (κ1) is 17.3. The summed E-state index contributed by atoms with van der Waals surface area (Å²) in [6, 6.07) is 15.7. The van der Waals surface area contributed by atoms with Crippen molar-refractivity contribution in [1.82, 2.24) is 0 Å². The van der Waals surface area contributed by atoms with Crippen molar-refractivity contribution in [1.29, 1.82) is 0 Å². The second-order valence-electron chi connectivity index (χ2n) is 6.59. The Balaban J connectivity index is 1.74. The van der Waals surface area contributed by atoms with Gasteiger partial charge in [-0.1, -0.05) is 24.3 Å². The first-order chi connectivity index (χ1) is 12.2. The molecule has 0 aliphatic carbocycles. The molecule has 1 N–H and O–H groups in total. The Hall–Kier alpha value is -2.49. The van der Waals surface area contributed by atoms with Crippen LogP contribution in [0.1, 0.15) is 36.3 Å². The predicted octanol–water partition coefficient (Wildman–Crippen LogP) is 4.10. The zero-order chi connectivity index (χ0) is 17.6. The number of piperidine rings is 1. The first-order valence-corrected chi connectivity index (χ1v) is 8.88. The number of carboxylic acid groups (broad SMARTS) is 1. The van der Waals surface area contributed by atoms with Gasteiger partial charge in [0.15, 0.2) is 0 Å². The maximum absolute atomic E-state index is 11.8. The summed E-state index contributed by atoms with van der Waals surface area (Å²) in [6.45, 7) is 2.22. The van der Waals surface area contributed by atoms with Gasteiger partial charge in [0.05, 0.1) is 13.0 Å². The van der Waals surface area contributed by atoms with E-state index >= 15 is 0 Å². The number of aliphatic carboxylic acids is 1. The quantitative estimate of drug-likeness (QED) is 0.861. The molecular formula is C21H25NO3. The fourth-order valence-electron chi connectivity index (χ4n) is 3.44. The van der Waals surface area contributed by atoms with E-state index in [0.29, 0.717) is 12.2 Å². The van der Waals surface area contributed by atoms with E-state index in [-0.39, 0.29) is 0 Å². The molecule has 4 nitrogen and oxygen atoms in total. The van der Waals surface area contributed by atoms with E-state index in [9.17, 15) is 9.90 Å². The van der Waals surface area contributed by atoms with E-state index in [1.165, 1.54) is 24.9 Å². The monoisotopic (exact) mass is 339 g/mol. The van der Waals surface area contributed by atoms with Gasteiger partial charge in [0.25, 0.3) is 0 Å². The van der Waals surface area contributed by atoms with Crippen LogP contribution in [0.15, 0.2) is 48.5 Å². The molecule has 4 heteroatoms. The van der Waals surface area contributed by atoms with E-state index in [1.54, 1.807) is 13.2 Å². The van der Waals surface area contributed by atoms with Gasteiger partial charge in [-0.2, -0.15) is 0 Å². The summed E-state index contributed by atoms with van der Waals surface area (Å²) < 4.78 is 5.22. The van der Waals surface area contributed by atoms with Gasteiger partial charge in [-0.15, -0.1) is 0 Å². The largest absolute Gasteiger partial charge is 0.497 e. The molecule has 0 amide bonds. The molecule has 2 aromatic rings. The van der Waals surface area contributed by atoms with Gasteiger partial charge in [-0.25, -0.2) is 0 Å². The number of carbonyl (C=O) groups is 1. The topological polar surface area (TPSA) is 49.8 Å². The molecule has 132 valence electrons. The number of anilines is 1. The van der Waals surface area contributed by atoms with E-state index in [2.05, 4.69) is 29.2 Å². The van der Waals surface area contributed by atoms with Gasteiger partial charge in [0.2, 0.25) is 0 Å². The van der Waals surface area contributed by atoms with Gasteiger partial charge in [0.1, 0.15) is 5.75 Å². The van der Waals surface area contributed by atoms with Crippen molar-refractivity contribution in [2.45, 2.75) is 31.6 Å². The van der Waals surface area contributed by atoms with Crippen LogP contribution in [0.25, 0.3) is 0 Å². The number of ether oxygens (including phenoxy) is 1. The van der Waals surface area contributed by atoms with Crippen LogP contribution in [-0.2, 0) is 11.2 Å². The van der Waals surface area contributed by atoms with Gasteiger partial charge < -0.3 is 14.7 Å². The van der Waals surface area contributed by atoms with Crippen LogP contribution in [-0.4, -0.2) is 31.3 Å². The van der Waals surface area contributed by atoms with Crippen LogP contribution in [0.4, 0.5) is 5.69 Å². The molecule has 25 heavy (non-hydrogen) atoms. The number of methoxy groups -OCH3 is 1.